The van der Waals surface area contributed by atoms with Crippen molar-refractivity contribution in [3.05, 3.63) is 40.7 Å². The highest BCUT2D eigenvalue weighted by molar-refractivity contribution is 7.86. The Kier molecular flexibility index (Phi) is 5.75. The number of fused-ring (bicyclic) bond motifs is 1. The molecule has 2 heterocycles. The van der Waals surface area contributed by atoms with Gasteiger partial charge in [-0.1, -0.05) is 12.1 Å². The molecule has 2 aromatic rings. The first-order chi connectivity index (χ1) is 12.8. The second-order valence-electron chi connectivity index (χ2n) is 6.03. The summed E-state index contributed by atoms with van der Waals surface area (Å²) < 4.78 is 45.7. The fourth-order valence-corrected chi connectivity index (χ4v) is 4.71. The monoisotopic (exact) mass is 414 g/mol. The van der Waals surface area contributed by atoms with Crippen LogP contribution in [0.4, 0.5) is 9.52 Å². The zero-order chi connectivity index (χ0) is 19.6. The minimum Gasteiger partial charge on any atom is -0.481 e. The molecule has 1 N–H and O–H groups in total. The lowest BCUT2D eigenvalue weighted by Crippen LogP contribution is -2.42. The molecule has 146 valence electrons. The zero-order valence-corrected chi connectivity index (χ0v) is 16.4. The number of benzene rings is 1. The number of carbonyl (C=O) groups excluding carboxylic acids is 1. The summed E-state index contributed by atoms with van der Waals surface area (Å²) in [6, 6.07) is 5.82. The summed E-state index contributed by atoms with van der Waals surface area (Å²) in [5, 5.41) is 2.97. The molecule has 11 heteroatoms. The molecule has 27 heavy (non-hydrogen) atoms. The van der Waals surface area contributed by atoms with Gasteiger partial charge in [-0.3, -0.25) is 10.1 Å². The van der Waals surface area contributed by atoms with Crippen LogP contribution < -0.4 is 10.1 Å². The van der Waals surface area contributed by atoms with Crippen molar-refractivity contribution in [3.8, 4) is 5.75 Å². The minimum atomic E-state index is -3.50. The maximum absolute atomic E-state index is 13.5. The molecule has 1 aliphatic rings. The van der Waals surface area contributed by atoms with Gasteiger partial charge in [-0.25, -0.2) is 9.37 Å². The number of rotatable bonds is 6. The molecule has 0 radical (unpaired) electrons. The van der Waals surface area contributed by atoms with E-state index in [1.54, 1.807) is 6.07 Å². The summed E-state index contributed by atoms with van der Waals surface area (Å²) in [7, 11) is -0.527. The number of nitrogens with one attached hydrogen (secondary N) is 1. The van der Waals surface area contributed by atoms with Crippen molar-refractivity contribution in [1.82, 2.24) is 13.6 Å². The lowest BCUT2D eigenvalue weighted by Gasteiger charge is -2.27. The van der Waals surface area contributed by atoms with Gasteiger partial charge in [0.25, 0.3) is 16.1 Å². The van der Waals surface area contributed by atoms with E-state index in [1.165, 1.54) is 52.2 Å². The lowest BCUT2D eigenvalue weighted by molar-refractivity contribution is -0.118. The zero-order valence-electron chi connectivity index (χ0n) is 14.8. The first-order valence-electron chi connectivity index (χ1n) is 8.10. The van der Waals surface area contributed by atoms with Crippen LogP contribution in [0.1, 0.15) is 10.6 Å². The number of hydrogen-bond acceptors (Lipinski definition) is 6. The number of thiazole rings is 1. The second-order valence-corrected chi connectivity index (χ2v) is 9.26. The molecule has 0 spiro atoms. The van der Waals surface area contributed by atoms with Crippen molar-refractivity contribution in [2.45, 2.75) is 13.0 Å². The number of hydrogen-bond donors (Lipinski definition) is 1. The van der Waals surface area contributed by atoms with Gasteiger partial charge in [0.05, 0.1) is 12.2 Å². The van der Waals surface area contributed by atoms with Gasteiger partial charge in [0.15, 0.2) is 23.3 Å². The third-order valence-electron chi connectivity index (χ3n) is 3.93. The van der Waals surface area contributed by atoms with E-state index < -0.39 is 21.9 Å². The quantitative estimate of drug-likeness (QED) is 0.773. The number of ether oxygens (including phenoxy) is 1. The Labute approximate surface area is 160 Å². The molecule has 1 amide bonds. The smallest absolute Gasteiger partial charge is 0.281 e. The van der Waals surface area contributed by atoms with Gasteiger partial charge in [-0.05, 0) is 12.1 Å². The van der Waals surface area contributed by atoms with Crippen molar-refractivity contribution in [2.24, 2.45) is 0 Å². The number of nitrogens with zero attached hydrogens (tertiary/aromatic N) is 3. The number of carbonyl (C=O) groups is 1. The Hall–Kier alpha value is -2.08. The van der Waals surface area contributed by atoms with Crippen molar-refractivity contribution < 1.29 is 22.3 Å². The van der Waals surface area contributed by atoms with E-state index in [0.717, 1.165) is 10.6 Å². The molecular weight excluding hydrogens is 395 g/mol. The van der Waals surface area contributed by atoms with Crippen LogP contribution in [0.15, 0.2) is 24.3 Å². The largest absolute Gasteiger partial charge is 0.481 e. The molecule has 8 nitrogen and oxygen atoms in total. The Morgan fingerprint density at radius 3 is 2.85 bits per heavy atom. The average molecular weight is 414 g/mol. The van der Waals surface area contributed by atoms with E-state index in [2.05, 4.69) is 10.3 Å². The molecule has 0 unspecified atom stereocenters. The standard InChI is InChI=1S/C16H19FN4O4S2/c1-20(2)27(23,24)21-8-7-12-14(9-21)26-16(18-12)19-15(22)10-25-13-6-4-3-5-11(13)17/h3-6H,7-10H2,1-2H3,(H,18,19,22). The van der Waals surface area contributed by atoms with Gasteiger partial charge in [0, 0.05) is 31.9 Å². The van der Waals surface area contributed by atoms with Crippen molar-refractivity contribution in [2.75, 3.05) is 32.6 Å². The van der Waals surface area contributed by atoms with Crippen LogP contribution in [0, 0.1) is 5.82 Å². The maximum Gasteiger partial charge on any atom is 0.281 e. The van der Waals surface area contributed by atoms with Crippen LogP contribution in [0.5, 0.6) is 5.75 Å². The van der Waals surface area contributed by atoms with Gasteiger partial charge >= 0.3 is 0 Å². The summed E-state index contributed by atoms with van der Waals surface area (Å²) in [5.41, 5.74) is 0.774. The molecule has 0 fully saturated rings. The Morgan fingerprint density at radius 1 is 1.41 bits per heavy atom. The van der Waals surface area contributed by atoms with E-state index in [1.807, 2.05) is 0 Å². The third-order valence-corrected chi connectivity index (χ3v) is 6.81. The number of anilines is 1. The number of aromatic nitrogens is 1. The molecule has 1 aromatic heterocycles. The Balaban J connectivity index is 1.61. The van der Waals surface area contributed by atoms with Gasteiger partial charge in [0.2, 0.25) is 0 Å². The molecule has 1 aliphatic heterocycles. The average Bonchev–Trinajstić information content (AvgIpc) is 3.02. The molecule has 3 rings (SSSR count). The van der Waals surface area contributed by atoms with Crippen LogP contribution in [0.25, 0.3) is 0 Å². The van der Waals surface area contributed by atoms with Crippen molar-refractivity contribution in [3.63, 3.8) is 0 Å². The Bertz CT molecular complexity index is 946. The van der Waals surface area contributed by atoms with Crippen LogP contribution in [-0.4, -0.2) is 55.2 Å². The molecule has 0 bridgehead atoms. The summed E-state index contributed by atoms with van der Waals surface area (Å²) in [6.07, 6.45) is 0.473. The minimum absolute atomic E-state index is 0.00406. The first kappa shape index (κ1) is 19.7. The summed E-state index contributed by atoms with van der Waals surface area (Å²) in [5.74, 6) is -1.02. The first-order valence-corrected chi connectivity index (χ1v) is 10.3. The molecule has 0 aliphatic carbocycles. The maximum atomic E-state index is 13.5. The normalized spacial score (nSPS) is 14.8. The fourth-order valence-electron chi connectivity index (χ4n) is 2.51. The van der Waals surface area contributed by atoms with E-state index in [0.29, 0.717) is 18.1 Å². The number of halogens is 1. The highest BCUT2D eigenvalue weighted by Crippen LogP contribution is 2.29. The predicted octanol–water partition coefficient (Wildman–Crippen LogP) is 1.46. The van der Waals surface area contributed by atoms with Crippen molar-refractivity contribution in [1.29, 1.82) is 0 Å². The second kappa shape index (κ2) is 7.89. The third kappa shape index (κ3) is 4.43. The summed E-state index contributed by atoms with van der Waals surface area (Å²) in [4.78, 5) is 17.2. The van der Waals surface area contributed by atoms with Crippen LogP contribution in [0.2, 0.25) is 0 Å². The van der Waals surface area contributed by atoms with Crippen molar-refractivity contribution >= 4 is 32.6 Å². The Morgan fingerprint density at radius 2 is 2.15 bits per heavy atom. The predicted molar refractivity (Wildman–Crippen MR) is 99.4 cm³/mol. The van der Waals surface area contributed by atoms with Crippen LogP contribution in [-0.2, 0) is 28.0 Å². The van der Waals surface area contributed by atoms with Crippen LogP contribution in [0.3, 0.4) is 0 Å². The molecule has 1 aromatic carbocycles. The van der Waals surface area contributed by atoms with Gasteiger partial charge in [-0.2, -0.15) is 17.0 Å². The molecule has 0 saturated heterocycles. The van der Waals surface area contributed by atoms with Gasteiger partial charge < -0.3 is 4.74 Å². The fraction of sp³-hybridized carbons (Fsp3) is 0.375. The SMILES string of the molecule is CN(C)S(=O)(=O)N1CCc2nc(NC(=O)COc3ccccc3F)sc2C1. The highest BCUT2D eigenvalue weighted by Gasteiger charge is 2.30. The van der Waals surface area contributed by atoms with E-state index in [4.69, 9.17) is 4.74 Å². The van der Waals surface area contributed by atoms with E-state index >= 15 is 0 Å². The molecule has 0 saturated carbocycles. The molecular formula is C16H19FN4O4S2. The van der Waals surface area contributed by atoms with Gasteiger partial charge in [-0.15, -0.1) is 11.3 Å². The topological polar surface area (TPSA) is 91.8 Å². The van der Waals surface area contributed by atoms with Crippen LogP contribution >= 0.6 is 11.3 Å². The highest BCUT2D eigenvalue weighted by atomic mass is 32.2. The van der Waals surface area contributed by atoms with E-state index in [-0.39, 0.29) is 18.9 Å². The van der Waals surface area contributed by atoms with Gasteiger partial charge in [0.1, 0.15) is 0 Å². The van der Waals surface area contributed by atoms with E-state index in [9.17, 15) is 17.6 Å². The number of para-hydroxylation sites is 1. The summed E-state index contributed by atoms with van der Waals surface area (Å²) >= 11 is 1.22. The summed E-state index contributed by atoms with van der Waals surface area (Å²) in [6.45, 7) is 0.197. The number of amides is 1. The molecule has 0 atom stereocenters. The lowest BCUT2D eigenvalue weighted by atomic mass is 10.2.